The quantitative estimate of drug-likeness (QED) is 0.742. The van der Waals surface area contributed by atoms with Gasteiger partial charge in [0.15, 0.2) is 0 Å². The third-order valence-corrected chi connectivity index (χ3v) is 4.16. The Balaban J connectivity index is 1.61. The van der Waals surface area contributed by atoms with Gasteiger partial charge in [0.25, 0.3) is 0 Å². The van der Waals surface area contributed by atoms with Crippen LogP contribution in [0.5, 0.6) is 0 Å². The summed E-state index contributed by atoms with van der Waals surface area (Å²) in [6, 6.07) is 1.34. The Labute approximate surface area is 99.5 Å². The summed E-state index contributed by atoms with van der Waals surface area (Å²) in [6.07, 6.45) is 4.45. The molecule has 16 heavy (non-hydrogen) atoms. The monoisotopic (exact) mass is 226 g/mol. The summed E-state index contributed by atoms with van der Waals surface area (Å²) < 4.78 is 5.60. The van der Waals surface area contributed by atoms with Crippen LogP contribution in [0.1, 0.15) is 33.1 Å². The van der Waals surface area contributed by atoms with Crippen LogP contribution in [0.25, 0.3) is 0 Å². The van der Waals surface area contributed by atoms with Crippen molar-refractivity contribution in [1.82, 2.24) is 10.2 Å². The van der Waals surface area contributed by atoms with E-state index in [1.54, 1.807) is 0 Å². The largest absolute Gasteiger partial charge is 0.377 e. The zero-order valence-electron chi connectivity index (χ0n) is 10.9. The number of ether oxygens (including phenoxy) is 1. The lowest BCUT2D eigenvalue weighted by Gasteiger charge is -2.27. The van der Waals surface area contributed by atoms with Crippen LogP contribution in [0.4, 0.5) is 0 Å². The molecule has 1 saturated carbocycles. The molecule has 2 aliphatic rings. The van der Waals surface area contributed by atoms with E-state index >= 15 is 0 Å². The predicted molar refractivity (Wildman–Crippen MR) is 66.6 cm³/mol. The maximum atomic E-state index is 5.60. The molecular weight excluding hydrogens is 200 g/mol. The summed E-state index contributed by atoms with van der Waals surface area (Å²) in [7, 11) is 2.22. The van der Waals surface area contributed by atoms with Crippen molar-refractivity contribution in [3.05, 3.63) is 0 Å². The molecule has 0 amide bonds. The Morgan fingerprint density at radius 2 is 2.12 bits per heavy atom. The van der Waals surface area contributed by atoms with Gasteiger partial charge in [-0.05, 0) is 46.1 Å². The van der Waals surface area contributed by atoms with E-state index in [0.29, 0.717) is 18.2 Å². The van der Waals surface area contributed by atoms with Crippen molar-refractivity contribution in [2.45, 2.75) is 51.3 Å². The third kappa shape index (κ3) is 3.19. The molecule has 0 aromatic carbocycles. The molecule has 0 aromatic heterocycles. The van der Waals surface area contributed by atoms with E-state index in [4.69, 9.17) is 4.74 Å². The van der Waals surface area contributed by atoms with Crippen LogP contribution in [-0.2, 0) is 4.74 Å². The first-order valence-corrected chi connectivity index (χ1v) is 6.73. The number of hydrogen-bond acceptors (Lipinski definition) is 3. The van der Waals surface area contributed by atoms with Crippen molar-refractivity contribution in [3.8, 4) is 0 Å². The summed E-state index contributed by atoms with van der Waals surface area (Å²) in [5.41, 5.74) is 0. The van der Waals surface area contributed by atoms with Crippen molar-refractivity contribution < 1.29 is 4.74 Å². The second kappa shape index (κ2) is 5.48. The highest BCUT2D eigenvalue weighted by atomic mass is 16.5. The maximum absolute atomic E-state index is 5.60. The highest BCUT2D eigenvalue weighted by molar-refractivity contribution is 4.84. The average Bonchev–Trinajstić information content (AvgIpc) is 3.01. The molecule has 3 heteroatoms. The Morgan fingerprint density at radius 1 is 1.38 bits per heavy atom. The summed E-state index contributed by atoms with van der Waals surface area (Å²) in [5.74, 6) is 0.957. The molecule has 2 rings (SSSR count). The molecule has 94 valence electrons. The minimum absolute atomic E-state index is 0.408. The zero-order chi connectivity index (χ0) is 11.5. The van der Waals surface area contributed by atoms with Gasteiger partial charge in [-0.3, -0.25) is 4.90 Å². The molecule has 0 bridgehead atoms. The average molecular weight is 226 g/mol. The number of nitrogens with one attached hydrogen (secondary N) is 1. The third-order valence-electron chi connectivity index (χ3n) is 4.16. The molecule has 1 N–H and O–H groups in total. The van der Waals surface area contributed by atoms with Gasteiger partial charge >= 0.3 is 0 Å². The van der Waals surface area contributed by atoms with Gasteiger partial charge in [-0.2, -0.15) is 0 Å². The Hall–Kier alpha value is -0.120. The first kappa shape index (κ1) is 12.3. The highest BCUT2D eigenvalue weighted by Gasteiger charge is 2.29. The van der Waals surface area contributed by atoms with Crippen LogP contribution >= 0.6 is 0 Å². The highest BCUT2D eigenvalue weighted by Crippen LogP contribution is 2.32. The molecule has 0 spiro atoms. The van der Waals surface area contributed by atoms with Crippen LogP contribution in [0.3, 0.4) is 0 Å². The van der Waals surface area contributed by atoms with E-state index in [1.165, 1.54) is 19.3 Å². The topological polar surface area (TPSA) is 24.5 Å². The number of likely N-dealkylation sites (N-methyl/N-ethyl adjacent to an activating group) is 1. The lowest BCUT2D eigenvalue weighted by Crippen LogP contribution is -2.42. The van der Waals surface area contributed by atoms with E-state index < -0.39 is 0 Å². The number of rotatable bonds is 6. The minimum Gasteiger partial charge on any atom is -0.377 e. The van der Waals surface area contributed by atoms with Gasteiger partial charge in [0.2, 0.25) is 0 Å². The fourth-order valence-corrected chi connectivity index (χ4v) is 2.70. The second-order valence-corrected chi connectivity index (χ2v) is 5.49. The van der Waals surface area contributed by atoms with Gasteiger partial charge in [0.05, 0.1) is 6.10 Å². The molecular formula is C13H26N2O. The van der Waals surface area contributed by atoms with Crippen molar-refractivity contribution >= 4 is 0 Å². The van der Waals surface area contributed by atoms with Gasteiger partial charge in [-0.25, -0.2) is 0 Å². The Bertz CT molecular complexity index is 218. The summed E-state index contributed by atoms with van der Waals surface area (Å²) in [6.45, 7) is 7.68. The minimum atomic E-state index is 0.408. The first-order chi connectivity index (χ1) is 7.68. The fourth-order valence-electron chi connectivity index (χ4n) is 2.70. The van der Waals surface area contributed by atoms with Gasteiger partial charge < -0.3 is 10.1 Å². The molecule has 1 aliphatic carbocycles. The summed E-state index contributed by atoms with van der Waals surface area (Å²) in [5, 5.41) is 3.63. The molecule has 0 radical (unpaired) electrons. The zero-order valence-corrected chi connectivity index (χ0v) is 10.9. The molecule has 2 fully saturated rings. The molecule has 1 heterocycles. The van der Waals surface area contributed by atoms with Gasteiger partial charge in [-0.15, -0.1) is 0 Å². The van der Waals surface area contributed by atoms with Gasteiger partial charge in [0, 0.05) is 31.8 Å². The van der Waals surface area contributed by atoms with Crippen LogP contribution in [0.2, 0.25) is 0 Å². The molecule has 3 unspecified atom stereocenters. The van der Waals surface area contributed by atoms with Crippen LogP contribution in [0.15, 0.2) is 0 Å². The number of nitrogens with zero attached hydrogens (tertiary/aromatic N) is 1. The van der Waals surface area contributed by atoms with E-state index in [2.05, 4.69) is 31.1 Å². The Kier molecular flexibility index (Phi) is 4.22. The first-order valence-electron chi connectivity index (χ1n) is 6.73. The predicted octanol–water partition coefficient (Wildman–Crippen LogP) is 1.48. The Morgan fingerprint density at radius 3 is 2.69 bits per heavy atom. The van der Waals surface area contributed by atoms with Crippen molar-refractivity contribution in [1.29, 1.82) is 0 Å². The summed E-state index contributed by atoms with van der Waals surface area (Å²) >= 11 is 0. The smallest absolute Gasteiger partial charge is 0.0702 e. The van der Waals surface area contributed by atoms with Crippen LogP contribution < -0.4 is 5.32 Å². The lowest BCUT2D eigenvalue weighted by molar-refractivity contribution is 0.0837. The molecule has 3 atom stereocenters. The van der Waals surface area contributed by atoms with Gasteiger partial charge in [-0.1, -0.05) is 0 Å². The van der Waals surface area contributed by atoms with E-state index in [0.717, 1.165) is 25.6 Å². The summed E-state index contributed by atoms with van der Waals surface area (Å²) in [4.78, 5) is 2.45. The molecule has 0 aromatic rings. The van der Waals surface area contributed by atoms with Gasteiger partial charge in [0.1, 0.15) is 0 Å². The normalized spacial score (nSPS) is 32.2. The molecule has 1 saturated heterocycles. The molecule has 3 nitrogen and oxygen atoms in total. The van der Waals surface area contributed by atoms with Crippen molar-refractivity contribution in [2.24, 2.45) is 5.92 Å². The van der Waals surface area contributed by atoms with Crippen molar-refractivity contribution in [2.75, 3.05) is 26.7 Å². The maximum Gasteiger partial charge on any atom is 0.0702 e. The van der Waals surface area contributed by atoms with E-state index in [1.807, 2.05) is 0 Å². The van der Waals surface area contributed by atoms with E-state index in [-0.39, 0.29) is 0 Å². The van der Waals surface area contributed by atoms with Crippen LogP contribution in [0, 0.1) is 5.92 Å². The number of hydrogen-bond donors (Lipinski definition) is 1. The second-order valence-electron chi connectivity index (χ2n) is 5.49. The lowest BCUT2D eigenvalue weighted by atomic mass is 10.1. The standard InChI is InChI=1S/C13H26N2O/c1-10(12-4-5-12)14-7-8-15(3)13-6-9-16-11(13)2/h10-14H,4-9H2,1-3H3. The molecule has 1 aliphatic heterocycles. The van der Waals surface area contributed by atoms with Crippen molar-refractivity contribution in [3.63, 3.8) is 0 Å². The van der Waals surface area contributed by atoms with Crippen LogP contribution in [-0.4, -0.2) is 49.8 Å². The SMILES string of the molecule is CC(NCCN(C)C1CCOC1C)C1CC1. The van der Waals surface area contributed by atoms with E-state index in [9.17, 15) is 0 Å². The fraction of sp³-hybridized carbons (Fsp3) is 1.00.